The van der Waals surface area contributed by atoms with Gasteiger partial charge in [-0.2, -0.15) is 0 Å². The van der Waals surface area contributed by atoms with Crippen LogP contribution in [0.5, 0.6) is 5.75 Å². The zero-order valence-corrected chi connectivity index (χ0v) is 14.4. The number of halogens is 1. The van der Waals surface area contributed by atoms with E-state index in [1.165, 1.54) is 11.3 Å². The summed E-state index contributed by atoms with van der Waals surface area (Å²) in [5.74, 6) is 0.859. The molecule has 4 nitrogen and oxygen atoms in total. The number of imidazole rings is 1. The summed E-state index contributed by atoms with van der Waals surface area (Å²) < 4.78 is 8.35. The summed E-state index contributed by atoms with van der Waals surface area (Å²) in [6.45, 7) is 3.17. The Morgan fingerprint density at radius 3 is 2.81 bits per heavy atom. The van der Waals surface area contributed by atoms with Crippen LogP contribution in [0, 0.1) is 0 Å². The first kappa shape index (κ1) is 16.0. The topological polar surface area (TPSA) is 39.1 Å². The highest BCUT2D eigenvalue weighted by molar-refractivity contribution is 9.10. The monoisotopic (exact) mass is 351 g/mol. The van der Waals surface area contributed by atoms with E-state index in [1.54, 1.807) is 7.11 Å². The summed E-state index contributed by atoms with van der Waals surface area (Å²) in [7, 11) is 3.72. The summed E-state index contributed by atoms with van der Waals surface area (Å²) in [5.41, 5.74) is 2.47. The highest BCUT2D eigenvalue weighted by Gasteiger charge is 2.15. The molecular weight excluding hydrogens is 330 g/mol. The predicted octanol–water partition coefficient (Wildman–Crippen LogP) is 3.47. The largest absolute Gasteiger partial charge is 0.496 e. The van der Waals surface area contributed by atoms with Crippen molar-refractivity contribution >= 4 is 15.9 Å². The van der Waals surface area contributed by atoms with Gasteiger partial charge in [-0.25, -0.2) is 4.98 Å². The van der Waals surface area contributed by atoms with Gasteiger partial charge in [0.05, 0.1) is 29.6 Å². The van der Waals surface area contributed by atoms with Gasteiger partial charge >= 0.3 is 0 Å². The Kier molecular flexibility index (Phi) is 5.82. The highest BCUT2D eigenvalue weighted by atomic mass is 79.9. The minimum atomic E-state index is 0.262. The van der Waals surface area contributed by atoms with E-state index in [1.807, 2.05) is 25.6 Å². The van der Waals surface area contributed by atoms with E-state index in [2.05, 4.69) is 49.9 Å². The quantitative estimate of drug-likeness (QED) is 0.829. The van der Waals surface area contributed by atoms with Crippen molar-refractivity contribution in [3.05, 3.63) is 46.5 Å². The SMILES string of the molecule is CCCNC(Cc1ccc(OC)c(Br)c1)c1cncn1C. The molecule has 1 unspecified atom stereocenters. The van der Waals surface area contributed by atoms with Crippen molar-refractivity contribution in [1.29, 1.82) is 0 Å². The van der Waals surface area contributed by atoms with Gasteiger partial charge in [0.1, 0.15) is 5.75 Å². The number of hydrogen-bond acceptors (Lipinski definition) is 3. The number of nitrogens with one attached hydrogen (secondary N) is 1. The van der Waals surface area contributed by atoms with Gasteiger partial charge in [-0.05, 0) is 53.0 Å². The van der Waals surface area contributed by atoms with Crippen LogP contribution in [0.25, 0.3) is 0 Å². The van der Waals surface area contributed by atoms with Gasteiger partial charge in [0, 0.05) is 13.2 Å². The van der Waals surface area contributed by atoms with Gasteiger partial charge in [0.25, 0.3) is 0 Å². The van der Waals surface area contributed by atoms with Crippen LogP contribution in [0.3, 0.4) is 0 Å². The molecule has 0 spiro atoms. The van der Waals surface area contributed by atoms with Crippen molar-refractivity contribution in [3.8, 4) is 5.75 Å². The molecule has 0 amide bonds. The van der Waals surface area contributed by atoms with Gasteiger partial charge < -0.3 is 14.6 Å². The Bertz CT molecular complexity index is 583. The third kappa shape index (κ3) is 4.08. The number of nitrogens with zero attached hydrogens (tertiary/aromatic N) is 2. The van der Waals surface area contributed by atoms with Crippen LogP contribution < -0.4 is 10.1 Å². The lowest BCUT2D eigenvalue weighted by atomic mass is 10.0. The van der Waals surface area contributed by atoms with Crippen LogP contribution in [-0.2, 0) is 13.5 Å². The fourth-order valence-corrected chi connectivity index (χ4v) is 2.96. The van der Waals surface area contributed by atoms with E-state index in [9.17, 15) is 0 Å². The minimum absolute atomic E-state index is 0.262. The Morgan fingerprint density at radius 2 is 2.24 bits per heavy atom. The van der Waals surface area contributed by atoms with Crippen molar-refractivity contribution in [2.45, 2.75) is 25.8 Å². The van der Waals surface area contributed by atoms with E-state index in [4.69, 9.17) is 4.74 Å². The number of rotatable bonds is 7. The van der Waals surface area contributed by atoms with Crippen molar-refractivity contribution in [2.75, 3.05) is 13.7 Å². The molecule has 0 radical (unpaired) electrons. The lowest BCUT2D eigenvalue weighted by Gasteiger charge is -2.19. The maximum atomic E-state index is 5.28. The van der Waals surface area contributed by atoms with Crippen LogP contribution in [0.4, 0.5) is 0 Å². The zero-order valence-electron chi connectivity index (χ0n) is 12.8. The minimum Gasteiger partial charge on any atom is -0.496 e. The van der Waals surface area contributed by atoms with Gasteiger partial charge in [-0.1, -0.05) is 13.0 Å². The number of methoxy groups -OCH3 is 1. The van der Waals surface area contributed by atoms with Gasteiger partial charge in [0.15, 0.2) is 0 Å². The van der Waals surface area contributed by atoms with Crippen LogP contribution in [0.15, 0.2) is 35.2 Å². The Labute approximate surface area is 134 Å². The Balaban J connectivity index is 2.18. The third-order valence-electron chi connectivity index (χ3n) is 3.51. The molecule has 0 aliphatic carbocycles. The first-order chi connectivity index (χ1) is 10.2. The van der Waals surface area contributed by atoms with Crippen LogP contribution in [-0.4, -0.2) is 23.2 Å². The molecule has 5 heteroatoms. The Hall–Kier alpha value is -1.33. The van der Waals surface area contributed by atoms with Crippen LogP contribution in [0.1, 0.15) is 30.6 Å². The summed E-state index contributed by atoms with van der Waals surface area (Å²) >= 11 is 3.55. The molecular formula is C16H22BrN3O. The second kappa shape index (κ2) is 7.61. The van der Waals surface area contributed by atoms with E-state index < -0.39 is 0 Å². The van der Waals surface area contributed by atoms with Crippen LogP contribution >= 0.6 is 15.9 Å². The van der Waals surface area contributed by atoms with Crippen molar-refractivity contribution in [2.24, 2.45) is 7.05 Å². The molecule has 0 aliphatic rings. The second-order valence-electron chi connectivity index (χ2n) is 5.11. The molecule has 1 aromatic carbocycles. The second-order valence-corrected chi connectivity index (χ2v) is 5.96. The smallest absolute Gasteiger partial charge is 0.133 e. The number of hydrogen-bond donors (Lipinski definition) is 1. The average Bonchev–Trinajstić information content (AvgIpc) is 2.90. The molecule has 2 rings (SSSR count). The molecule has 0 fully saturated rings. The standard InChI is InChI=1S/C16H22BrN3O/c1-4-7-19-14(15-10-18-11-20(15)2)9-12-5-6-16(21-3)13(17)8-12/h5-6,8,10-11,14,19H,4,7,9H2,1-3H3. The molecule has 114 valence electrons. The maximum absolute atomic E-state index is 5.28. The van der Waals surface area contributed by atoms with E-state index in [0.29, 0.717) is 0 Å². The maximum Gasteiger partial charge on any atom is 0.133 e. The molecule has 1 atom stereocenters. The summed E-state index contributed by atoms with van der Waals surface area (Å²) in [5, 5.41) is 3.60. The van der Waals surface area contributed by atoms with Gasteiger partial charge in [-0.3, -0.25) is 0 Å². The molecule has 2 aromatic rings. The molecule has 21 heavy (non-hydrogen) atoms. The van der Waals surface area contributed by atoms with E-state index in [0.717, 1.165) is 29.6 Å². The zero-order chi connectivity index (χ0) is 15.2. The molecule has 0 saturated carbocycles. The fourth-order valence-electron chi connectivity index (χ4n) is 2.38. The molecule has 0 aliphatic heterocycles. The number of ether oxygens (including phenoxy) is 1. The fraction of sp³-hybridized carbons (Fsp3) is 0.438. The predicted molar refractivity (Wildman–Crippen MR) is 88.6 cm³/mol. The molecule has 0 saturated heterocycles. The van der Waals surface area contributed by atoms with Gasteiger partial charge in [-0.15, -0.1) is 0 Å². The molecule has 1 aromatic heterocycles. The molecule has 0 bridgehead atoms. The average molecular weight is 352 g/mol. The number of aryl methyl sites for hydroxylation is 1. The third-order valence-corrected chi connectivity index (χ3v) is 4.13. The van der Waals surface area contributed by atoms with Crippen molar-refractivity contribution < 1.29 is 4.74 Å². The lowest BCUT2D eigenvalue weighted by molar-refractivity contribution is 0.411. The van der Waals surface area contributed by atoms with E-state index in [-0.39, 0.29) is 6.04 Å². The summed E-state index contributed by atoms with van der Waals surface area (Å²) in [4.78, 5) is 4.23. The number of benzene rings is 1. The van der Waals surface area contributed by atoms with E-state index >= 15 is 0 Å². The lowest BCUT2D eigenvalue weighted by Crippen LogP contribution is -2.25. The summed E-state index contributed by atoms with van der Waals surface area (Å²) in [6, 6.07) is 6.49. The first-order valence-electron chi connectivity index (χ1n) is 7.17. The summed E-state index contributed by atoms with van der Waals surface area (Å²) in [6.07, 6.45) is 5.81. The number of aromatic nitrogens is 2. The van der Waals surface area contributed by atoms with Crippen molar-refractivity contribution in [1.82, 2.24) is 14.9 Å². The Morgan fingerprint density at radius 1 is 1.43 bits per heavy atom. The first-order valence-corrected chi connectivity index (χ1v) is 7.97. The van der Waals surface area contributed by atoms with Crippen LogP contribution in [0.2, 0.25) is 0 Å². The van der Waals surface area contributed by atoms with Crippen molar-refractivity contribution in [3.63, 3.8) is 0 Å². The molecule has 1 N–H and O–H groups in total. The normalized spacial score (nSPS) is 12.4. The van der Waals surface area contributed by atoms with Gasteiger partial charge in [0.2, 0.25) is 0 Å². The highest BCUT2D eigenvalue weighted by Crippen LogP contribution is 2.27. The molecule has 1 heterocycles.